The highest BCUT2D eigenvalue weighted by molar-refractivity contribution is 5.55. The minimum absolute atomic E-state index is 0.179. The van der Waals surface area contributed by atoms with E-state index >= 15 is 0 Å². The Morgan fingerprint density at radius 3 is 2.94 bits per heavy atom. The number of nitrogens with one attached hydrogen (secondary N) is 1. The summed E-state index contributed by atoms with van der Waals surface area (Å²) in [5, 5.41) is 13.3. The van der Waals surface area contributed by atoms with E-state index in [0.29, 0.717) is 6.04 Å². The number of nitrogens with zero attached hydrogens (tertiary/aromatic N) is 1. The van der Waals surface area contributed by atoms with Crippen molar-refractivity contribution in [2.24, 2.45) is 0 Å². The molecule has 18 heavy (non-hydrogen) atoms. The second kappa shape index (κ2) is 6.21. The lowest BCUT2D eigenvalue weighted by atomic mass is 10.0. The van der Waals surface area contributed by atoms with E-state index in [4.69, 9.17) is 0 Å². The van der Waals surface area contributed by atoms with Crippen LogP contribution in [0.4, 0.5) is 5.69 Å². The fourth-order valence-electron chi connectivity index (χ4n) is 2.73. The highest BCUT2D eigenvalue weighted by Crippen LogP contribution is 2.28. The molecule has 3 nitrogen and oxygen atoms in total. The van der Waals surface area contributed by atoms with Gasteiger partial charge < -0.3 is 15.3 Å². The van der Waals surface area contributed by atoms with Crippen LogP contribution in [0.2, 0.25) is 0 Å². The molecule has 2 atom stereocenters. The molecule has 0 amide bonds. The van der Waals surface area contributed by atoms with Gasteiger partial charge in [0, 0.05) is 24.8 Å². The summed E-state index contributed by atoms with van der Waals surface area (Å²) in [5.74, 6) is 0. The maximum absolute atomic E-state index is 9.82. The number of β-amino-alcohol motifs (C(OH)–C–C–N with tert-alkyl or cyclic N) is 1. The normalized spacial score (nSPS) is 21.9. The molecule has 2 rings (SSSR count). The van der Waals surface area contributed by atoms with Crippen LogP contribution >= 0.6 is 0 Å². The average molecular weight is 248 g/mol. The van der Waals surface area contributed by atoms with Gasteiger partial charge in [-0.15, -0.1) is 0 Å². The summed E-state index contributed by atoms with van der Waals surface area (Å²) in [6.45, 7) is 7.10. The molecule has 0 spiro atoms. The Morgan fingerprint density at radius 1 is 1.44 bits per heavy atom. The molecule has 2 N–H and O–H groups in total. The van der Waals surface area contributed by atoms with Crippen LogP contribution in [-0.4, -0.2) is 30.8 Å². The third kappa shape index (κ3) is 3.03. The number of hydrogen-bond donors (Lipinski definition) is 2. The van der Waals surface area contributed by atoms with E-state index in [0.717, 1.165) is 32.5 Å². The van der Waals surface area contributed by atoms with Gasteiger partial charge in [0.15, 0.2) is 0 Å². The van der Waals surface area contributed by atoms with Gasteiger partial charge in [0.1, 0.15) is 0 Å². The van der Waals surface area contributed by atoms with Gasteiger partial charge in [0.25, 0.3) is 0 Å². The van der Waals surface area contributed by atoms with E-state index in [2.05, 4.69) is 48.3 Å². The number of aliphatic hydroxyl groups is 1. The summed E-state index contributed by atoms with van der Waals surface area (Å²) in [7, 11) is 0. The number of hydrogen-bond acceptors (Lipinski definition) is 3. The van der Waals surface area contributed by atoms with Crippen LogP contribution < -0.4 is 10.2 Å². The van der Waals surface area contributed by atoms with Crippen molar-refractivity contribution < 1.29 is 5.11 Å². The first kappa shape index (κ1) is 13.4. The van der Waals surface area contributed by atoms with Crippen molar-refractivity contribution in [1.29, 1.82) is 0 Å². The highest BCUT2D eigenvalue weighted by atomic mass is 16.3. The minimum Gasteiger partial charge on any atom is -0.391 e. The summed E-state index contributed by atoms with van der Waals surface area (Å²) in [6.07, 6.45) is 1.83. The van der Waals surface area contributed by atoms with Crippen molar-refractivity contribution in [3.63, 3.8) is 0 Å². The predicted octanol–water partition coefficient (Wildman–Crippen LogP) is 2.32. The third-order valence-corrected chi connectivity index (χ3v) is 3.65. The molecule has 100 valence electrons. The molecule has 0 radical (unpaired) electrons. The van der Waals surface area contributed by atoms with Gasteiger partial charge in [0.05, 0.1) is 6.10 Å². The van der Waals surface area contributed by atoms with Crippen LogP contribution in [0, 0.1) is 0 Å². The maximum Gasteiger partial charge on any atom is 0.0715 e. The monoisotopic (exact) mass is 248 g/mol. The standard InChI is InChI=1S/C15H24N2O/c1-3-16-12(2)14-8-4-5-9-15(14)17-10-6-7-13(18)11-17/h4-5,8-9,12-13,16,18H,3,6-7,10-11H2,1-2H3. The zero-order chi connectivity index (χ0) is 13.0. The Balaban J connectivity index is 2.21. The van der Waals surface area contributed by atoms with E-state index in [-0.39, 0.29) is 6.10 Å². The van der Waals surface area contributed by atoms with E-state index in [1.54, 1.807) is 0 Å². The Kier molecular flexibility index (Phi) is 4.61. The van der Waals surface area contributed by atoms with Crippen LogP contribution in [0.1, 0.15) is 38.3 Å². The van der Waals surface area contributed by atoms with Crippen molar-refractivity contribution in [2.75, 3.05) is 24.5 Å². The smallest absolute Gasteiger partial charge is 0.0715 e. The zero-order valence-corrected chi connectivity index (χ0v) is 11.4. The number of para-hydroxylation sites is 1. The summed E-state index contributed by atoms with van der Waals surface area (Å²) >= 11 is 0. The average Bonchev–Trinajstić information content (AvgIpc) is 2.39. The van der Waals surface area contributed by atoms with Gasteiger partial charge >= 0.3 is 0 Å². The minimum atomic E-state index is -0.179. The molecule has 1 aromatic rings. The number of rotatable bonds is 4. The first-order chi connectivity index (χ1) is 8.72. The second-order valence-corrected chi connectivity index (χ2v) is 5.08. The van der Waals surface area contributed by atoms with Gasteiger partial charge in [-0.3, -0.25) is 0 Å². The first-order valence-corrected chi connectivity index (χ1v) is 6.97. The lowest BCUT2D eigenvalue weighted by Crippen LogP contribution is -2.39. The van der Waals surface area contributed by atoms with Gasteiger partial charge in [-0.1, -0.05) is 25.1 Å². The molecular weight excluding hydrogens is 224 g/mol. The lowest BCUT2D eigenvalue weighted by molar-refractivity contribution is 0.154. The fourth-order valence-corrected chi connectivity index (χ4v) is 2.73. The Morgan fingerprint density at radius 2 is 2.22 bits per heavy atom. The molecule has 1 aromatic carbocycles. The Bertz CT molecular complexity index is 381. The molecule has 3 heteroatoms. The molecule has 0 aromatic heterocycles. The molecule has 0 saturated carbocycles. The molecule has 1 saturated heterocycles. The second-order valence-electron chi connectivity index (χ2n) is 5.08. The van der Waals surface area contributed by atoms with Gasteiger partial charge in [0.2, 0.25) is 0 Å². The highest BCUT2D eigenvalue weighted by Gasteiger charge is 2.21. The van der Waals surface area contributed by atoms with Gasteiger partial charge in [-0.25, -0.2) is 0 Å². The molecule has 1 aliphatic rings. The number of benzene rings is 1. The quantitative estimate of drug-likeness (QED) is 0.858. The summed E-state index contributed by atoms with van der Waals surface area (Å²) < 4.78 is 0. The largest absolute Gasteiger partial charge is 0.391 e. The topological polar surface area (TPSA) is 35.5 Å². The summed E-state index contributed by atoms with van der Waals surface area (Å²) in [5.41, 5.74) is 2.60. The lowest BCUT2D eigenvalue weighted by Gasteiger charge is -2.34. The van der Waals surface area contributed by atoms with Gasteiger partial charge in [-0.05, 0) is 37.9 Å². The van der Waals surface area contributed by atoms with Crippen LogP contribution in [0.5, 0.6) is 0 Å². The van der Waals surface area contributed by atoms with Crippen molar-refractivity contribution in [3.8, 4) is 0 Å². The van der Waals surface area contributed by atoms with E-state index in [1.807, 2.05) is 0 Å². The van der Waals surface area contributed by atoms with E-state index in [1.165, 1.54) is 11.3 Å². The summed E-state index contributed by atoms with van der Waals surface area (Å²) in [4.78, 5) is 2.32. The van der Waals surface area contributed by atoms with Crippen LogP contribution in [-0.2, 0) is 0 Å². The van der Waals surface area contributed by atoms with Crippen molar-refractivity contribution in [2.45, 2.75) is 38.8 Å². The molecule has 2 unspecified atom stereocenters. The SMILES string of the molecule is CCNC(C)c1ccccc1N1CCCC(O)C1. The Hall–Kier alpha value is -1.06. The number of anilines is 1. The molecule has 1 aliphatic heterocycles. The van der Waals surface area contributed by atoms with E-state index < -0.39 is 0 Å². The molecule has 0 aliphatic carbocycles. The molecule has 1 fully saturated rings. The van der Waals surface area contributed by atoms with Crippen LogP contribution in [0.15, 0.2) is 24.3 Å². The maximum atomic E-state index is 9.82. The van der Waals surface area contributed by atoms with Crippen molar-refractivity contribution in [3.05, 3.63) is 29.8 Å². The van der Waals surface area contributed by atoms with E-state index in [9.17, 15) is 5.11 Å². The first-order valence-electron chi connectivity index (χ1n) is 6.97. The van der Waals surface area contributed by atoms with Crippen molar-refractivity contribution >= 4 is 5.69 Å². The Labute approximate surface area is 110 Å². The number of aliphatic hydroxyl groups excluding tert-OH is 1. The third-order valence-electron chi connectivity index (χ3n) is 3.65. The van der Waals surface area contributed by atoms with Gasteiger partial charge in [-0.2, -0.15) is 0 Å². The number of piperidine rings is 1. The van der Waals surface area contributed by atoms with Crippen molar-refractivity contribution in [1.82, 2.24) is 5.32 Å². The fraction of sp³-hybridized carbons (Fsp3) is 0.600. The molecule has 1 heterocycles. The van der Waals surface area contributed by atoms with Crippen LogP contribution in [0.3, 0.4) is 0 Å². The van der Waals surface area contributed by atoms with Crippen LogP contribution in [0.25, 0.3) is 0 Å². The zero-order valence-electron chi connectivity index (χ0n) is 11.4. The predicted molar refractivity (Wildman–Crippen MR) is 76.0 cm³/mol. The summed E-state index contributed by atoms with van der Waals surface area (Å²) in [6, 6.07) is 8.88. The molecular formula is C15H24N2O. The molecule has 0 bridgehead atoms.